The lowest BCUT2D eigenvalue weighted by atomic mass is 10.1. The second-order valence-corrected chi connectivity index (χ2v) is 7.08. The predicted octanol–water partition coefficient (Wildman–Crippen LogP) is 2.10. The molecule has 0 atom stereocenters. The van der Waals surface area contributed by atoms with E-state index in [0.717, 1.165) is 17.8 Å². The second-order valence-electron chi connectivity index (χ2n) is 7.08. The Morgan fingerprint density at radius 3 is 2.86 bits per heavy atom. The van der Waals surface area contributed by atoms with Crippen molar-refractivity contribution in [1.29, 1.82) is 0 Å². The van der Waals surface area contributed by atoms with E-state index >= 15 is 0 Å². The second kappa shape index (κ2) is 7.06. The van der Waals surface area contributed by atoms with Crippen molar-refractivity contribution in [2.75, 3.05) is 6.54 Å². The number of carboxylic acids is 1. The van der Waals surface area contributed by atoms with Crippen molar-refractivity contribution in [2.24, 2.45) is 0 Å². The molecule has 28 heavy (non-hydrogen) atoms. The Hall–Kier alpha value is -3.23. The summed E-state index contributed by atoms with van der Waals surface area (Å²) in [6.45, 7) is 5.35. The van der Waals surface area contributed by atoms with Crippen LogP contribution in [0.1, 0.15) is 46.0 Å². The van der Waals surface area contributed by atoms with Gasteiger partial charge in [0, 0.05) is 25.2 Å². The number of nitrogens with zero attached hydrogens (tertiary/aromatic N) is 5. The lowest BCUT2D eigenvalue weighted by Gasteiger charge is -2.20. The number of carboxylic acid groups (broad SMARTS) is 1. The molecule has 146 valence electrons. The zero-order valence-electron chi connectivity index (χ0n) is 15.8. The molecule has 3 aromatic rings. The first-order valence-corrected chi connectivity index (χ1v) is 9.22. The lowest BCUT2D eigenvalue weighted by molar-refractivity contribution is -0.136. The number of carbonyl (C=O) groups is 2. The van der Waals surface area contributed by atoms with Gasteiger partial charge in [-0.25, -0.2) is 4.98 Å². The van der Waals surface area contributed by atoms with Crippen molar-refractivity contribution in [3.63, 3.8) is 0 Å². The molecule has 0 radical (unpaired) electrons. The molecule has 0 fully saturated rings. The van der Waals surface area contributed by atoms with Crippen LogP contribution < -0.4 is 0 Å². The summed E-state index contributed by atoms with van der Waals surface area (Å²) in [5, 5.41) is 18.0. The highest BCUT2D eigenvalue weighted by atomic mass is 16.5. The van der Waals surface area contributed by atoms with Gasteiger partial charge in [-0.05, 0) is 32.4 Å². The Balaban J connectivity index is 1.63. The van der Waals surface area contributed by atoms with Crippen molar-refractivity contribution >= 4 is 23.0 Å². The van der Waals surface area contributed by atoms with Gasteiger partial charge in [0.1, 0.15) is 0 Å². The summed E-state index contributed by atoms with van der Waals surface area (Å²) >= 11 is 0. The van der Waals surface area contributed by atoms with E-state index in [-0.39, 0.29) is 12.3 Å². The molecule has 1 aliphatic heterocycles. The SMILES string of the molecule is Cc1cc(C(=O)N2CCCn3nc(CCC(=O)O)cc3C2)c2c(C)noc2n1. The molecule has 9 heteroatoms. The number of carbonyl (C=O) groups excluding carboxylic acids is 1. The Labute approximate surface area is 160 Å². The largest absolute Gasteiger partial charge is 0.481 e. The third-order valence-electron chi connectivity index (χ3n) is 4.92. The molecule has 1 N–H and O–H groups in total. The van der Waals surface area contributed by atoms with E-state index in [2.05, 4.69) is 15.2 Å². The monoisotopic (exact) mass is 383 g/mol. The van der Waals surface area contributed by atoms with Crippen LogP contribution in [0.25, 0.3) is 11.1 Å². The first-order chi connectivity index (χ1) is 13.4. The fourth-order valence-electron chi connectivity index (χ4n) is 3.61. The first kappa shape index (κ1) is 18.1. The maximum atomic E-state index is 13.3. The zero-order chi connectivity index (χ0) is 19.8. The molecule has 9 nitrogen and oxygen atoms in total. The van der Waals surface area contributed by atoms with Gasteiger partial charge in [0.15, 0.2) is 0 Å². The molecule has 1 aliphatic rings. The molecule has 0 saturated carbocycles. The highest BCUT2D eigenvalue weighted by Crippen LogP contribution is 2.25. The van der Waals surface area contributed by atoms with Gasteiger partial charge < -0.3 is 14.5 Å². The lowest BCUT2D eigenvalue weighted by Crippen LogP contribution is -2.31. The predicted molar refractivity (Wildman–Crippen MR) is 98.8 cm³/mol. The number of fused-ring (bicyclic) bond motifs is 2. The minimum Gasteiger partial charge on any atom is -0.481 e. The Morgan fingerprint density at radius 2 is 2.07 bits per heavy atom. The number of hydrogen-bond acceptors (Lipinski definition) is 6. The van der Waals surface area contributed by atoms with Crippen molar-refractivity contribution in [1.82, 2.24) is 24.8 Å². The standard InChI is InChI=1S/C19H21N5O4/c1-11-8-15(17-12(2)22-28-18(17)20-11)19(27)23-6-3-7-24-14(10-23)9-13(21-24)4-5-16(25)26/h8-9H,3-7,10H2,1-2H3,(H,25,26). The van der Waals surface area contributed by atoms with E-state index < -0.39 is 5.97 Å². The fourth-order valence-corrected chi connectivity index (χ4v) is 3.61. The van der Waals surface area contributed by atoms with Crippen molar-refractivity contribution < 1.29 is 19.2 Å². The van der Waals surface area contributed by atoms with Gasteiger partial charge in [-0.2, -0.15) is 5.10 Å². The topological polar surface area (TPSA) is 114 Å². The summed E-state index contributed by atoms with van der Waals surface area (Å²) in [7, 11) is 0. The molecule has 0 spiro atoms. The Morgan fingerprint density at radius 1 is 1.25 bits per heavy atom. The molecule has 0 bridgehead atoms. The summed E-state index contributed by atoms with van der Waals surface area (Å²) in [5.74, 6) is -0.940. The maximum Gasteiger partial charge on any atom is 0.303 e. The van der Waals surface area contributed by atoms with Crippen LogP contribution in [0.2, 0.25) is 0 Å². The van der Waals surface area contributed by atoms with Crippen molar-refractivity contribution in [3.8, 4) is 0 Å². The molecule has 4 rings (SSSR count). The van der Waals surface area contributed by atoms with Crippen LogP contribution in [0.3, 0.4) is 0 Å². The maximum absolute atomic E-state index is 13.3. The van der Waals surface area contributed by atoms with Crippen LogP contribution in [0.4, 0.5) is 0 Å². The van der Waals surface area contributed by atoms with Crippen LogP contribution >= 0.6 is 0 Å². The first-order valence-electron chi connectivity index (χ1n) is 9.22. The number of pyridine rings is 1. The third kappa shape index (κ3) is 3.35. The number of aromatic nitrogens is 4. The summed E-state index contributed by atoms with van der Waals surface area (Å²) in [6, 6.07) is 3.67. The van der Waals surface area contributed by atoms with Gasteiger partial charge in [0.2, 0.25) is 0 Å². The van der Waals surface area contributed by atoms with Crippen molar-refractivity contribution in [2.45, 2.75) is 46.2 Å². The number of aryl methyl sites for hydroxylation is 4. The van der Waals surface area contributed by atoms with Crippen LogP contribution in [0, 0.1) is 13.8 Å². The number of rotatable bonds is 4. The van der Waals surface area contributed by atoms with Gasteiger partial charge in [0.25, 0.3) is 11.6 Å². The average Bonchev–Trinajstić information content (AvgIpc) is 3.15. The van der Waals surface area contributed by atoms with Gasteiger partial charge in [-0.3, -0.25) is 14.3 Å². The van der Waals surface area contributed by atoms with Crippen LogP contribution in [-0.2, 0) is 24.3 Å². The van der Waals surface area contributed by atoms with Gasteiger partial charge in [0.05, 0.1) is 41.0 Å². The van der Waals surface area contributed by atoms with E-state index in [0.29, 0.717) is 54.1 Å². The zero-order valence-corrected chi connectivity index (χ0v) is 15.8. The van der Waals surface area contributed by atoms with Crippen LogP contribution in [0.15, 0.2) is 16.7 Å². The highest BCUT2D eigenvalue weighted by Gasteiger charge is 2.25. The Kier molecular flexibility index (Phi) is 4.58. The van der Waals surface area contributed by atoms with E-state index in [1.165, 1.54) is 0 Å². The molecule has 3 aromatic heterocycles. The van der Waals surface area contributed by atoms with Crippen LogP contribution in [-0.4, -0.2) is 48.3 Å². The van der Waals surface area contributed by atoms with E-state index in [4.69, 9.17) is 9.63 Å². The van der Waals surface area contributed by atoms with E-state index in [1.807, 2.05) is 17.7 Å². The van der Waals surface area contributed by atoms with Crippen molar-refractivity contribution in [3.05, 3.63) is 40.5 Å². The molecule has 0 aliphatic carbocycles. The van der Waals surface area contributed by atoms with Gasteiger partial charge in [-0.1, -0.05) is 5.16 Å². The molecular formula is C19H21N5O4. The number of amides is 1. The molecule has 4 heterocycles. The van der Waals surface area contributed by atoms with E-state index in [1.54, 1.807) is 17.9 Å². The van der Waals surface area contributed by atoms with Crippen LogP contribution in [0.5, 0.6) is 0 Å². The molecular weight excluding hydrogens is 362 g/mol. The molecule has 0 unspecified atom stereocenters. The average molecular weight is 383 g/mol. The molecule has 1 amide bonds. The summed E-state index contributed by atoms with van der Waals surface area (Å²) < 4.78 is 7.12. The molecule has 0 aromatic carbocycles. The Bertz CT molecular complexity index is 1070. The summed E-state index contributed by atoms with van der Waals surface area (Å²) in [4.78, 5) is 30.2. The smallest absolute Gasteiger partial charge is 0.303 e. The summed E-state index contributed by atoms with van der Waals surface area (Å²) in [6.07, 6.45) is 1.20. The molecule has 0 saturated heterocycles. The summed E-state index contributed by atoms with van der Waals surface area (Å²) in [5.41, 5.74) is 3.90. The van der Waals surface area contributed by atoms with Gasteiger partial charge >= 0.3 is 5.97 Å². The minimum atomic E-state index is -0.846. The highest BCUT2D eigenvalue weighted by molar-refractivity contribution is 6.06. The number of hydrogen-bond donors (Lipinski definition) is 1. The third-order valence-corrected chi connectivity index (χ3v) is 4.92. The normalized spacial score (nSPS) is 14.1. The fraction of sp³-hybridized carbons (Fsp3) is 0.421. The minimum absolute atomic E-state index is 0.0418. The number of aliphatic carboxylic acids is 1. The quantitative estimate of drug-likeness (QED) is 0.734. The van der Waals surface area contributed by atoms with Gasteiger partial charge in [-0.15, -0.1) is 0 Å². The van der Waals surface area contributed by atoms with E-state index in [9.17, 15) is 9.59 Å².